The molecule has 0 N–H and O–H groups in total. The summed E-state index contributed by atoms with van der Waals surface area (Å²) in [6.07, 6.45) is 0. The lowest BCUT2D eigenvalue weighted by Gasteiger charge is -1.66. The van der Waals surface area contributed by atoms with Crippen molar-refractivity contribution in [1.29, 1.82) is 0 Å². The molecule has 1 aliphatic rings. The number of rotatable bonds is 0. The molecule has 0 radical (unpaired) electrons. The third-order valence-electron chi connectivity index (χ3n) is 0.671. The van der Waals surface area contributed by atoms with Crippen LogP contribution in [0.4, 0.5) is 0 Å². The van der Waals surface area contributed by atoms with E-state index in [4.69, 9.17) is 0 Å². The summed E-state index contributed by atoms with van der Waals surface area (Å²) >= 11 is 0. The van der Waals surface area contributed by atoms with E-state index in [-0.39, 0.29) is 0 Å². The lowest BCUT2D eigenvalue weighted by atomic mass is 11.0. The van der Waals surface area contributed by atoms with Gasteiger partial charge in [-0.3, -0.25) is 0 Å². The van der Waals surface area contributed by atoms with Crippen molar-refractivity contribution in [3.8, 4) is 0 Å². The van der Waals surface area contributed by atoms with E-state index in [1.54, 1.807) is 0 Å². The molecule has 0 spiro atoms. The standard InChI is InChI=1S/C3H7N.2C2H6/c1-4-2-3-4;2*1-2/h2-3H2,1H3;2*1-2H3. The Hall–Kier alpha value is -0.0400. The molecule has 1 rings (SSSR count). The van der Waals surface area contributed by atoms with Gasteiger partial charge in [-0.05, 0) is 7.05 Å². The van der Waals surface area contributed by atoms with E-state index in [1.165, 1.54) is 13.1 Å². The minimum absolute atomic E-state index is 1.32. The topological polar surface area (TPSA) is 3.01 Å². The van der Waals surface area contributed by atoms with E-state index in [0.29, 0.717) is 0 Å². The Bertz CT molecular complexity index is 23.6. The fourth-order valence-electron chi connectivity index (χ4n) is 0.1000. The van der Waals surface area contributed by atoms with E-state index in [9.17, 15) is 0 Å². The maximum atomic E-state index is 2.25. The summed E-state index contributed by atoms with van der Waals surface area (Å²) in [4.78, 5) is 2.25. The van der Waals surface area contributed by atoms with E-state index in [0.717, 1.165) is 0 Å². The normalized spacial score (nSPS) is 14.6. The van der Waals surface area contributed by atoms with Crippen LogP contribution in [0.15, 0.2) is 0 Å². The van der Waals surface area contributed by atoms with Crippen LogP contribution < -0.4 is 0 Å². The van der Waals surface area contributed by atoms with Crippen molar-refractivity contribution in [1.82, 2.24) is 4.90 Å². The Morgan fingerprint density at radius 3 is 1.00 bits per heavy atom. The third kappa shape index (κ3) is 16.7. The summed E-state index contributed by atoms with van der Waals surface area (Å²) in [6.45, 7) is 10.6. The summed E-state index contributed by atoms with van der Waals surface area (Å²) in [6, 6.07) is 0. The molecule has 0 aromatic rings. The van der Waals surface area contributed by atoms with E-state index in [2.05, 4.69) is 11.9 Å². The molecule has 1 aliphatic heterocycles. The second-order valence-corrected chi connectivity index (χ2v) is 1.30. The van der Waals surface area contributed by atoms with Crippen LogP contribution >= 0.6 is 0 Å². The molecule has 52 valence electrons. The molecule has 8 heavy (non-hydrogen) atoms. The van der Waals surface area contributed by atoms with Crippen molar-refractivity contribution in [2.24, 2.45) is 0 Å². The average molecular weight is 117 g/mol. The zero-order chi connectivity index (χ0) is 6.99. The summed E-state index contributed by atoms with van der Waals surface area (Å²) < 4.78 is 0. The predicted octanol–water partition coefficient (Wildman–Crippen LogP) is 1.98. The highest BCUT2D eigenvalue weighted by molar-refractivity contribution is 4.64. The van der Waals surface area contributed by atoms with Crippen LogP contribution in [0.2, 0.25) is 0 Å². The molecule has 0 amide bonds. The van der Waals surface area contributed by atoms with Crippen molar-refractivity contribution in [2.45, 2.75) is 27.7 Å². The fraction of sp³-hybridized carbons (Fsp3) is 1.00. The Morgan fingerprint density at radius 1 is 0.875 bits per heavy atom. The van der Waals surface area contributed by atoms with Gasteiger partial charge in [0, 0.05) is 13.1 Å². The van der Waals surface area contributed by atoms with Gasteiger partial charge in [-0.2, -0.15) is 0 Å². The monoisotopic (exact) mass is 117 g/mol. The molecule has 1 heteroatoms. The van der Waals surface area contributed by atoms with Crippen LogP contribution in [-0.4, -0.2) is 25.0 Å². The van der Waals surface area contributed by atoms with Gasteiger partial charge in [0.2, 0.25) is 0 Å². The highest BCUT2D eigenvalue weighted by Crippen LogP contribution is 1.93. The number of likely N-dealkylation sites (N-methyl/N-ethyl adjacent to an activating group) is 1. The molecule has 1 fully saturated rings. The zero-order valence-corrected chi connectivity index (χ0v) is 6.86. The van der Waals surface area contributed by atoms with Crippen molar-refractivity contribution in [2.75, 3.05) is 20.1 Å². The Labute approximate surface area is 53.7 Å². The second-order valence-electron chi connectivity index (χ2n) is 1.30. The maximum absolute atomic E-state index is 2.25. The first-order chi connectivity index (χ1) is 3.89. The third-order valence-corrected chi connectivity index (χ3v) is 0.671. The van der Waals surface area contributed by atoms with E-state index >= 15 is 0 Å². The van der Waals surface area contributed by atoms with Crippen molar-refractivity contribution < 1.29 is 0 Å². The molecule has 0 aromatic carbocycles. The molecule has 0 unspecified atom stereocenters. The quantitative estimate of drug-likeness (QED) is 0.438. The molecule has 0 aromatic heterocycles. The summed E-state index contributed by atoms with van der Waals surface area (Å²) in [5.41, 5.74) is 0. The van der Waals surface area contributed by atoms with Gasteiger partial charge in [-0.25, -0.2) is 0 Å². The van der Waals surface area contributed by atoms with Crippen molar-refractivity contribution in [3.63, 3.8) is 0 Å². The van der Waals surface area contributed by atoms with Gasteiger partial charge in [0.15, 0.2) is 0 Å². The fourth-order valence-corrected chi connectivity index (χ4v) is 0.1000. The molecule has 0 aliphatic carbocycles. The van der Waals surface area contributed by atoms with Crippen molar-refractivity contribution in [3.05, 3.63) is 0 Å². The largest absolute Gasteiger partial charge is 0.304 e. The van der Waals surface area contributed by atoms with Crippen LogP contribution in [-0.2, 0) is 0 Å². The Kier molecular flexibility index (Phi) is 13.6. The minimum Gasteiger partial charge on any atom is -0.304 e. The zero-order valence-electron chi connectivity index (χ0n) is 6.86. The SMILES string of the molecule is CC.CC.CN1CC1. The lowest BCUT2D eigenvalue weighted by Crippen LogP contribution is -1.75. The summed E-state index contributed by atoms with van der Waals surface area (Å²) in [7, 11) is 2.11. The van der Waals surface area contributed by atoms with Crippen LogP contribution in [0.1, 0.15) is 27.7 Å². The van der Waals surface area contributed by atoms with Gasteiger partial charge < -0.3 is 4.90 Å². The summed E-state index contributed by atoms with van der Waals surface area (Å²) in [5.74, 6) is 0. The predicted molar refractivity (Wildman–Crippen MR) is 40.2 cm³/mol. The molecule has 1 nitrogen and oxygen atoms in total. The first-order valence-corrected chi connectivity index (χ1v) is 3.58. The molecule has 1 saturated heterocycles. The molecule has 0 saturated carbocycles. The first kappa shape index (κ1) is 10.9. The smallest absolute Gasteiger partial charge is 0.0107 e. The van der Waals surface area contributed by atoms with Crippen LogP contribution in [0.3, 0.4) is 0 Å². The van der Waals surface area contributed by atoms with Gasteiger partial charge in [-0.1, -0.05) is 27.7 Å². The Balaban J connectivity index is 0. The van der Waals surface area contributed by atoms with Gasteiger partial charge in [0.05, 0.1) is 0 Å². The summed E-state index contributed by atoms with van der Waals surface area (Å²) in [5, 5.41) is 0. The first-order valence-electron chi connectivity index (χ1n) is 3.58. The molecule has 1 heterocycles. The molecule has 0 bridgehead atoms. The van der Waals surface area contributed by atoms with Crippen LogP contribution in [0.25, 0.3) is 0 Å². The second kappa shape index (κ2) is 10.0. The van der Waals surface area contributed by atoms with Gasteiger partial charge in [0.1, 0.15) is 0 Å². The van der Waals surface area contributed by atoms with Crippen molar-refractivity contribution >= 4 is 0 Å². The minimum atomic E-state index is 1.32. The highest BCUT2D eigenvalue weighted by atomic mass is 15.2. The van der Waals surface area contributed by atoms with Crippen LogP contribution in [0, 0.1) is 0 Å². The molecular formula is C7H19N. The number of hydrogen-bond donors (Lipinski definition) is 0. The van der Waals surface area contributed by atoms with Crippen LogP contribution in [0.5, 0.6) is 0 Å². The Morgan fingerprint density at radius 2 is 1.00 bits per heavy atom. The molecular weight excluding hydrogens is 98.1 g/mol. The van der Waals surface area contributed by atoms with Gasteiger partial charge in [0.25, 0.3) is 0 Å². The van der Waals surface area contributed by atoms with E-state index in [1.807, 2.05) is 27.7 Å². The van der Waals surface area contributed by atoms with Gasteiger partial charge in [-0.15, -0.1) is 0 Å². The average Bonchev–Trinajstić information content (AvgIpc) is 2.62. The number of nitrogens with zero attached hydrogens (tertiary/aromatic N) is 1. The maximum Gasteiger partial charge on any atom is 0.0107 e. The number of hydrogen-bond acceptors (Lipinski definition) is 1. The van der Waals surface area contributed by atoms with E-state index < -0.39 is 0 Å². The van der Waals surface area contributed by atoms with Gasteiger partial charge >= 0.3 is 0 Å². The highest BCUT2D eigenvalue weighted by Gasteiger charge is 2.07. The molecule has 0 atom stereocenters. The lowest BCUT2D eigenvalue weighted by molar-refractivity contribution is 0.698.